The third-order valence-corrected chi connectivity index (χ3v) is 7.00. The Morgan fingerprint density at radius 2 is 1.68 bits per heavy atom. The van der Waals surface area contributed by atoms with Crippen molar-refractivity contribution in [1.29, 1.82) is 0 Å². The quantitative estimate of drug-likeness (QED) is 0.304. The minimum atomic E-state index is 0.0577. The number of hydrogen-bond acceptors (Lipinski definition) is 6. The maximum absolute atomic E-state index is 13.0. The summed E-state index contributed by atoms with van der Waals surface area (Å²) in [5.74, 6) is 1.44. The van der Waals surface area contributed by atoms with Gasteiger partial charge in [-0.2, -0.15) is 9.36 Å². The van der Waals surface area contributed by atoms with E-state index in [1.165, 1.54) is 28.2 Å². The zero-order valence-electron chi connectivity index (χ0n) is 20.9. The Kier molecular flexibility index (Phi) is 8.03. The summed E-state index contributed by atoms with van der Waals surface area (Å²) in [5, 5.41) is 0.499. The highest BCUT2D eigenvalue weighted by Gasteiger charge is 2.21. The first-order chi connectivity index (χ1) is 18.1. The summed E-state index contributed by atoms with van der Waals surface area (Å²) in [6, 6.07) is 26.0. The maximum Gasteiger partial charge on any atom is 0.298 e. The second kappa shape index (κ2) is 12.0. The Labute approximate surface area is 222 Å². The third-order valence-electron chi connectivity index (χ3n) is 6.37. The van der Waals surface area contributed by atoms with Crippen molar-refractivity contribution in [3.05, 3.63) is 113 Å². The zero-order valence-corrected chi connectivity index (χ0v) is 21.7. The van der Waals surface area contributed by atoms with E-state index >= 15 is 0 Å². The predicted molar refractivity (Wildman–Crippen MR) is 148 cm³/mol. The van der Waals surface area contributed by atoms with E-state index in [0.29, 0.717) is 22.9 Å². The fourth-order valence-electron chi connectivity index (χ4n) is 4.22. The lowest BCUT2D eigenvalue weighted by molar-refractivity contribution is 0.0650. The number of benzene rings is 3. The molecule has 1 saturated heterocycles. The van der Waals surface area contributed by atoms with Crippen LogP contribution < -0.4 is 4.74 Å². The van der Waals surface area contributed by atoms with E-state index in [-0.39, 0.29) is 5.91 Å². The standard InChI is InChI=1S/C30H30N4O2S/c1-23-9-11-25(12-10-23)22-28-31-30(37-32-28)36-27-15-13-26(14-16-27)29(35)34-20-18-33(19-21-34)17-5-8-24-6-3-2-4-7-24/h2-16H,17-22H2,1H3/b8-5+. The van der Waals surface area contributed by atoms with E-state index in [1.807, 2.05) is 47.4 Å². The summed E-state index contributed by atoms with van der Waals surface area (Å²) < 4.78 is 10.3. The van der Waals surface area contributed by atoms with Crippen molar-refractivity contribution in [2.45, 2.75) is 13.3 Å². The van der Waals surface area contributed by atoms with Gasteiger partial charge in [0.2, 0.25) is 0 Å². The lowest BCUT2D eigenvalue weighted by Crippen LogP contribution is -2.48. The molecule has 0 N–H and O–H groups in total. The van der Waals surface area contributed by atoms with Gasteiger partial charge in [0, 0.05) is 56.2 Å². The van der Waals surface area contributed by atoms with Gasteiger partial charge in [0.1, 0.15) is 5.75 Å². The first kappa shape index (κ1) is 24.9. The lowest BCUT2D eigenvalue weighted by atomic mass is 10.1. The molecule has 0 spiro atoms. The van der Waals surface area contributed by atoms with Crippen LogP contribution in [-0.2, 0) is 6.42 Å². The Morgan fingerprint density at radius 1 is 0.946 bits per heavy atom. The van der Waals surface area contributed by atoms with Crippen molar-refractivity contribution in [1.82, 2.24) is 19.2 Å². The van der Waals surface area contributed by atoms with Gasteiger partial charge in [-0.3, -0.25) is 9.69 Å². The largest absolute Gasteiger partial charge is 0.430 e. The molecule has 0 aliphatic carbocycles. The van der Waals surface area contributed by atoms with Crippen LogP contribution in [0.4, 0.5) is 0 Å². The number of carbonyl (C=O) groups is 1. The topological polar surface area (TPSA) is 58.6 Å². The number of aryl methyl sites for hydroxylation is 1. The molecule has 2 heterocycles. The van der Waals surface area contributed by atoms with Gasteiger partial charge in [0.05, 0.1) is 0 Å². The number of piperazine rings is 1. The van der Waals surface area contributed by atoms with Crippen LogP contribution in [0.5, 0.6) is 10.9 Å². The molecule has 37 heavy (non-hydrogen) atoms. The van der Waals surface area contributed by atoms with E-state index in [0.717, 1.165) is 38.5 Å². The summed E-state index contributed by atoms with van der Waals surface area (Å²) in [6.07, 6.45) is 5.01. The molecule has 1 fully saturated rings. The van der Waals surface area contributed by atoms with Crippen LogP contribution >= 0.6 is 11.5 Å². The smallest absolute Gasteiger partial charge is 0.298 e. The number of ether oxygens (including phenoxy) is 1. The van der Waals surface area contributed by atoms with E-state index in [1.54, 1.807) is 0 Å². The summed E-state index contributed by atoms with van der Waals surface area (Å²) in [5.41, 5.74) is 4.28. The SMILES string of the molecule is Cc1ccc(Cc2nsc(Oc3ccc(C(=O)N4CCN(C/C=C/c5ccccc5)CC4)cc3)n2)cc1. The number of nitrogens with zero attached hydrogens (tertiary/aromatic N) is 4. The van der Waals surface area contributed by atoms with Crippen molar-refractivity contribution in [2.75, 3.05) is 32.7 Å². The highest BCUT2D eigenvalue weighted by molar-refractivity contribution is 7.07. The molecule has 3 aromatic carbocycles. The molecule has 0 atom stereocenters. The molecule has 1 amide bonds. The number of rotatable bonds is 8. The van der Waals surface area contributed by atoms with E-state index in [9.17, 15) is 4.79 Å². The van der Waals surface area contributed by atoms with Gasteiger partial charge in [-0.25, -0.2) is 0 Å². The number of hydrogen-bond donors (Lipinski definition) is 0. The molecule has 5 rings (SSSR count). The molecule has 0 unspecified atom stereocenters. The fourth-order valence-corrected chi connectivity index (χ4v) is 4.79. The van der Waals surface area contributed by atoms with Gasteiger partial charge < -0.3 is 9.64 Å². The predicted octanol–water partition coefficient (Wildman–Crippen LogP) is 5.70. The summed E-state index contributed by atoms with van der Waals surface area (Å²) in [6.45, 7) is 6.15. The highest BCUT2D eigenvalue weighted by Crippen LogP contribution is 2.25. The number of amides is 1. The van der Waals surface area contributed by atoms with E-state index in [2.05, 4.69) is 69.7 Å². The first-order valence-electron chi connectivity index (χ1n) is 12.5. The molecular weight excluding hydrogens is 480 g/mol. The molecule has 188 valence electrons. The van der Waals surface area contributed by atoms with Crippen LogP contribution in [0.15, 0.2) is 84.9 Å². The molecule has 1 aliphatic rings. The third kappa shape index (κ3) is 6.90. The van der Waals surface area contributed by atoms with Crippen LogP contribution in [-0.4, -0.2) is 57.8 Å². The monoisotopic (exact) mass is 510 g/mol. The average Bonchev–Trinajstić information content (AvgIpc) is 3.37. The minimum absolute atomic E-state index is 0.0577. The molecule has 0 saturated carbocycles. The lowest BCUT2D eigenvalue weighted by Gasteiger charge is -2.34. The molecule has 6 nitrogen and oxygen atoms in total. The summed E-state index contributed by atoms with van der Waals surface area (Å²) in [7, 11) is 0. The van der Waals surface area contributed by atoms with Crippen LogP contribution in [0.3, 0.4) is 0 Å². The second-order valence-electron chi connectivity index (χ2n) is 9.17. The summed E-state index contributed by atoms with van der Waals surface area (Å²) in [4.78, 5) is 21.8. The Balaban J connectivity index is 1.09. The average molecular weight is 511 g/mol. The molecule has 4 aromatic rings. The normalized spacial score (nSPS) is 14.2. The molecule has 7 heteroatoms. The number of aromatic nitrogens is 2. The van der Waals surface area contributed by atoms with Gasteiger partial charge in [-0.05, 0) is 42.3 Å². The maximum atomic E-state index is 13.0. The van der Waals surface area contributed by atoms with Crippen LogP contribution in [0.2, 0.25) is 0 Å². The Bertz CT molecular complexity index is 1330. The van der Waals surface area contributed by atoms with Gasteiger partial charge >= 0.3 is 0 Å². The van der Waals surface area contributed by atoms with Gasteiger partial charge in [0.15, 0.2) is 5.82 Å². The van der Waals surface area contributed by atoms with Crippen molar-refractivity contribution < 1.29 is 9.53 Å². The molecule has 0 radical (unpaired) electrons. The van der Waals surface area contributed by atoms with Gasteiger partial charge in [0.25, 0.3) is 11.1 Å². The van der Waals surface area contributed by atoms with Crippen LogP contribution in [0.1, 0.15) is 32.9 Å². The molecule has 1 aromatic heterocycles. The van der Waals surface area contributed by atoms with Crippen molar-refractivity contribution >= 4 is 23.5 Å². The molecule has 1 aliphatic heterocycles. The first-order valence-corrected chi connectivity index (χ1v) is 13.3. The van der Waals surface area contributed by atoms with Crippen molar-refractivity contribution in [3.63, 3.8) is 0 Å². The minimum Gasteiger partial charge on any atom is -0.430 e. The van der Waals surface area contributed by atoms with Crippen molar-refractivity contribution in [3.8, 4) is 10.9 Å². The van der Waals surface area contributed by atoms with E-state index < -0.39 is 0 Å². The number of carbonyl (C=O) groups excluding carboxylic acids is 1. The molecule has 0 bridgehead atoms. The Hall–Kier alpha value is -3.81. The van der Waals surface area contributed by atoms with Gasteiger partial charge in [-0.15, -0.1) is 0 Å². The summed E-state index contributed by atoms with van der Waals surface area (Å²) >= 11 is 1.24. The zero-order chi connectivity index (χ0) is 25.5. The Morgan fingerprint density at radius 3 is 2.41 bits per heavy atom. The van der Waals surface area contributed by atoms with Crippen LogP contribution in [0.25, 0.3) is 6.08 Å². The second-order valence-corrected chi connectivity index (χ2v) is 9.89. The van der Waals surface area contributed by atoms with Crippen molar-refractivity contribution in [2.24, 2.45) is 0 Å². The molecular formula is C30H30N4O2S. The van der Waals surface area contributed by atoms with E-state index in [4.69, 9.17) is 4.74 Å². The van der Waals surface area contributed by atoms with Crippen LogP contribution in [0, 0.1) is 6.92 Å². The highest BCUT2D eigenvalue weighted by atomic mass is 32.1. The van der Waals surface area contributed by atoms with Gasteiger partial charge in [-0.1, -0.05) is 72.3 Å². The fraction of sp³-hybridized carbons (Fsp3) is 0.233.